The lowest BCUT2D eigenvalue weighted by atomic mass is 10.2. The second-order valence-electron chi connectivity index (χ2n) is 5.44. The zero-order chi connectivity index (χ0) is 19.4. The van der Waals surface area contributed by atoms with Crippen LogP contribution in [0.5, 0.6) is 11.5 Å². The molecular weight excluding hydrogens is 404 g/mol. The molecule has 2 aromatic carbocycles. The van der Waals surface area contributed by atoms with Crippen LogP contribution >= 0.6 is 35.2 Å². The first-order valence-electron chi connectivity index (χ1n) is 8.13. The minimum atomic E-state index is -0.369. The van der Waals surface area contributed by atoms with Gasteiger partial charge in [0.25, 0.3) is 5.91 Å². The Labute approximate surface area is 171 Å². The number of amides is 1. The van der Waals surface area contributed by atoms with Crippen molar-refractivity contribution in [3.8, 4) is 11.5 Å². The van der Waals surface area contributed by atoms with E-state index < -0.39 is 0 Å². The lowest BCUT2D eigenvalue weighted by Gasteiger charge is -2.13. The van der Waals surface area contributed by atoms with E-state index in [9.17, 15) is 4.79 Å². The van der Waals surface area contributed by atoms with Gasteiger partial charge in [-0.3, -0.25) is 10.1 Å². The largest absolute Gasteiger partial charge is 0.497 e. The first-order chi connectivity index (χ1) is 13.0. The number of anilines is 1. The van der Waals surface area contributed by atoms with Crippen LogP contribution in [-0.2, 0) is 0 Å². The number of hydrogen-bond donors (Lipinski definition) is 2. The maximum Gasteiger partial charge on any atom is 0.269 e. The number of nitrogens with one attached hydrogen (secondary N) is 2. The molecule has 0 saturated carbocycles. The van der Waals surface area contributed by atoms with Crippen LogP contribution < -0.4 is 20.1 Å². The SMILES string of the molecule is CCOc1ccccc1NC(=S)NC(=O)c1sc2cc(OC)ccc2c1Cl. The maximum absolute atomic E-state index is 12.6. The number of thiophene rings is 1. The standard InChI is InChI=1S/C19H17ClN2O3S2/c1-3-25-14-7-5-4-6-13(14)21-19(26)22-18(23)17-16(20)12-9-8-11(24-2)10-15(12)27-17/h4-10H,3H2,1-2H3,(H2,21,22,23,26). The van der Waals surface area contributed by atoms with E-state index in [0.717, 1.165) is 10.1 Å². The van der Waals surface area contributed by atoms with Crippen molar-refractivity contribution in [3.05, 3.63) is 52.4 Å². The Morgan fingerprint density at radius 3 is 2.78 bits per heavy atom. The number of carbonyl (C=O) groups is 1. The van der Waals surface area contributed by atoms with Gasteiger partial charge >= 0.3 is 0 Å². The summed E-state index contributed by atoms with van der Waals surface area (Å²) < 4.78 is 11.6. The van der Waals surface area contributed by atoms with Crippen molar-refractivity contribution in [1.82, 2.24) is 5.32 Å². The summed E-state index contributed by atoms with van der Waals surface area (Å²) in [5.41, 5.74) is 0.678. The molecule has 27 heavy (non-hydrogen) atoms. The van der Waals surface area contributed by atoms with Gasteiger partial charge in [-0.15, -0.1) is 11.3 Å². The topological polar surface area (TPSA) is 59.6 Å². The number of para-hydroxylation sites is 2. The summed E-state index contributed by atoms with van der Waals surface area (Å²) in [6.45, 7) is 2.42. The molecule has 0 atom stereocenters. The molecule has 0 aliphatic rings. The predicted octanol–water partition coefficient (Wildman–Crippen LogP) is 5.09. The second kappa shape index (κ2) is 8.56. The smallest absolute Gasteiger partial charge is 0.269 e. The van der Waals surface area contributed by atoms with Crippen LogP contribution in [0.3, 0.4) is 0 Å². The van der Waals surface area contributed by atoms with Crippen LogP contribution in [0, 0.1) is 0 Å². The van der Waals surface area contributed by atoms with Crippen molar-refractivity contribution < 1.29 is 14.3 Å². The minimum Gasteiger partial charge on any atom is -0.497 e. The van der Waals surface area contributed by atoms with Crippen molar-refractivity contribution in [3.63, 3.8) is 0 Å². The van der Waals surface area contributed by atoms with Crippen LogP contribution in [0.2, 0.25) is 5.02 Å². The van der Waals surface area contributed by atoms with Crippen molar-refractivity contribution >= 4 is 61.9 Å². The number of halogens is 1. The van der Waals surface area contributed by atoms with E-state index in [-0.39, 0.29) is 11.0 Å². The number of rotatable bonds is 5. The fourth-order valence-corrected chi connectivity index (χ4v) is 4.13. The number of thiocarbonyl (C=S) groups is 1. The summed E-state index contributed by atoms with van der Waals surface area (Å²) in [6, 6.07) is 12.8. The molecule has 8 heteroatoms. The fourth-order valence-electron chi connectivity index (χ4n) is 2.48. The minimum absolute atomic E-state index is 0.165. The maximum atomic E-state index is 12.6. The molecule has 2 N–H and O–H groups in total. The molecule has 1 amide bonds. The summed E-state index contributed by atoms with van der Waals surface area (Å²) in [6.07, 6.45) is 0. The van der Waals surface area contributed by atoms with Crippen LogP contribution in [0.1, 0.15) is 16.6 Å². The van der Waals surface area contributed by atoms with Gasteiger partial charge in [0.05, 0.1) is 24.4 Å². The number of hydrogen-bond acceptors (Lipinski definition) is 5. The van der Waals surface area contributed by atoms with Crippen molar-refractivity contribution in [1.29, 1.82) is 0 Å². The summed E-state index contributed by atoms with van der Waals surface area (Å²) in [4.78, 5) is 13.0. The quantitative estimate of drug-likeness (QED) is 0.563. The number of ether oxygens (including phenoxy) is 2. The van der Waals surface area contributed by atoms with Crippen LogP contribution in [0.15, 0.2) is 42.5 Å². The molecule has 3 aromatic rings. The molecule has 5 nitrogen and oxygen atoms in total. The second-order valence-corrected chi connectivity index (χ2v) is 7.28. The molecule has 140 valence electrons. The summed E-state index contributed by atoms with van der Waals surface area (Å²) in [5, 5.41) is 7.01. The average molecular weight is 421 g/mol. The Bertz CT molecular complexity index is 1000. The summed E-state index contributed by atoms with van der Waals surface area (Å²) in [5.74, 6) is 0.993. The van der Waals surface area contributed by atoms with Gasteiger partial charge in [-0.2, -0.15) is 0 Å². The van der Waals surface area contributed by atoms with E-state index in [1.807, 2.05) is 43.3 Å². The van der Waals surface area contributed by atoms with Crippen LogP contribution in [0.4, 0.5) is 5.69 Å². The lowest BCUT2D eigenvalue weighted by Crippen LogP contribution is -2.33. The summed E-state index contributed by atoms with van der Waals surface area (Å²) >= 11 is 12.9. The zero-order valence-corrected chi connectivity index (χ0v) is 17.1. The molecule has 0 aliphatic carbocycles. The van der Waals surface area contributed by atoms with Gasteiger partial charge in [0.1, 0.15) is 16.4 Å². The van der Waals surface area contributed by atoms with Crippen molar-refractivity contribution in [2.45, 2.75) is 6.92 Å². The molecule has 0 radical (unpaired) electrons. The first kappa shape index (κ1) is 19.4. The van der Waals surface area contributed by atoms with E-state index >= 15 is 0 Å². The van der Waals surface area contributed by atoms with Crippen LogP contribution in [0.25, 0.3) is 10.1 Å². The van der Waals surface area contributed by atoms with Gasteiger partial charge in [-0.05, 0) is 49.5 Å². The fraction of sp³-hybridized carbons (Fsp3) is 0.158. The Hall–Kier alpha value is -2.35. The predicted molar refractivity (Wildman–Crippen MR) is 115 cm³/mol. The molecule has 0 aliphatic heterocycles. The van der Waals surface area contributed by atoms with Gasteiger partial charge < -0.3 is 14.8 Å². The van der Waals surface area contributed by atoms with Crippen molar-refractivity contribution in [2.75, 3.05) is 19.0 Å². The molecule has 1 aromatic heterocycles. The Kier molecular flexibility index (Phi) is 6.15. The molecule has 3 rings (SSSR count). The molecule has 0 fully saturated rings. The zero-order valence-electron chi connectivity index (χ0n) is 14.7. The number of fused-ring (bicyclic) bond motifs is 1. The van der Waals surface area contributed by atoms with Gasteiger partial charge in [0.2, 0.25) is 0 Å². The molecule has 0 unspecified atom stereocenters. The monoisotopic (exact) mass is 420 g/mol. The lowest BCUT2D eigenvalue weighted by molar-refractivity contribution is 0.0982. The van der Waals surface area contributed by atoms with Gasteiger partial charge in [-0.1, -0.05) is 23.7 Å². The van der Waals surface area contributed by atoms with E-state index in [0.29, 0.717) is 33.7 Å². The normalized spacial score (nSPS) is 10.5. The first-order valence-corrected chi connectivity index (χ1v) is 9.74. The Morgan fingerprint density at radius 1 is 1.26 bits per heavy atom. The molecule has 0 bridgehead atoms. The van der Waals surface area contributed by atoms with Crippen molar-refractivity contribution in [2.24, 2.45) is 0 Å². The highest BCUT2D eigenvalue weighted by atomic mass is 35.5. The highest BCUT2D eigenvalue weighted by Crippen LogP contribution is 2.37. The number of benzene rings is 2. The molecule has 1 heterocycles. The van der Waals surface area contributed by atoms with Gasteiger partial charge in [0.15, 0.2) is 5.11 Å². The van der Waals surface area contributed by atoms with E-state index in [1.165, 1.54) is 11.3 Å². The Balaban J connectivity index is 1.76. The van der Waals surface area contributed by atoms with Gasteiger partial charge in [0, 0.05) is 10.1 Å². The van der Waals surface area contributed by atoms with Gasteiger partial charge in [-0.25, -0.2) is 0 Å². The molecule has 0 spiro atoms. The number of methoxy groups -OCH3 is 1. The molecular formula is C19H17ClN2O3S2. The third kappa shape index (κ3) is 4.32. The molecule has 0 saturated heterocycles. The highest BCUT2D eigenvalue weighted by molar-refractivity contribution is 7.80. The Morgan fingerprint density at radius 2 is 2.04 bits per heavy atom. The van der Waals surface area contributed by atoms with Crippen LogP contribution in [-0.4, -0.2) is 24.7 Å². The van der Waals surface area contributed by atoms with E-state index in [2.05, 4.69) is 10.6 Å². The average Bonchev–Trinajstić information content (AvgIpc) is 2.99. The summed E-state index contributed by atoms with van der Waals surface area (Å²) in [7, 11) is 1.59. The highest BCUT2D eigenvalue weighted by Gasteiger charge is 2.19. The van der Waals surface area contributed by atoms with E-state index in [4.69, 9.17) is 33.3 Å². The third-order valence-electron chi connectivity index (χ3n) is 3.71. The van der Waals surface area contributed by atoms with E-state index in [1.54, 1.807) is 13.2 Å². The third-order valence-corrected chi connectivity index (χ3v) is 5.57. The number of carbonyl (C=O) groups excluding carboxylic acids is 1.